The summed E-state index contributed by atoms with van der Waals surface area (Å²) >= 11 is 0. The fourth-order valence-corrected chi connectivity index (χ4v) is 2.37. The van der Waals surface area contributed by atoms with Gasteiger partial charge in [0.25, 0.3) is 5.91 Å². The number of carbonyl (C=O) groups excluding carboxylic acids is 1. The second kappa shape index (κ2) is 9.70. The van der Waals surface area contributed by atoms with Gasteiger partial charge in [0.05, 0.1) is 13.7 Å². The molecule has 1 atom stereocenters. The van der Waals surface area contributed by atoms with Crippen LogP contribution in [-0.4, -0.2) is 25.7 Å². The number of ether oxygens (including phenoxy) is 3. The lowest BCUT2D eigenvalue weighted by Gasteiger charge is -2.15. The molecule has 0 radical (unpaired) electrons. The third-order valence-corrected chi connectivity index (χ3v) is 4.07. The van der Waals surface area contributed by atoms with Crippen LogP contribution in [0.2, 0.25) is 0 Å². The highest BCUT2D eigenvalue weighted by Gasteiger charge is 2.13. The van der Waals surface area contributed by atoms with E-state index in [0.717, 1.165) is 29.2 Å². The monoisotopic (exact) mass is 357 g/mol. The van der Waals surface area contributed by atoms with E-state index >= 15 is 0 Å². The largest absolute Gasteiger partial charge is 0.497 e. The molecule has 0 saturated carbocycles. The highest BCUT2D eigenvalue weighted by molar-refractivity contribution is 5.94. The zero-order valence-corrected chi connectivity index (χ0v) is 15.9. The Morgan fingerprint density at radius 3 is 2.35 bits per heavy atom. The van der Waals surface area contributed by atoms with Crippen LogP contribution >= 0.6 is 0 Å². The molecule has 0 aliphatic heterocycles. The number of hydrogen-bond donors (Lipinski definition) is 1. The van der Waals surface area contributed by atoms with Gasteiger partial charge in [0.1, 0.15) is 23.9 Å². The smallest absolute Gasteiger partial charge is 0.251 e. The molecule has 5 heteroatoms. The summed E-state index contributed by atoms with van der Waals surface area (Å²) < 4.78 is 16.7. The zero-order chi connectivity index (χ0) is 18.9. The Hall–Kier alpha value is -2.69. The molecule has 2 aromatic carbocycles. The first-order valence-electron chi connectivity index (χ1n) is 8.90. The maximum atomic E-state index is 12.4. The van der Waals surface area contributed by atoms with E-state index in [9.17, 15) is 4.79 Å². The van der Waals surface area contributed by atoms with E-state index in [1.165, 1.54) is 0 Å². The molecule has 0 aromatic heterocycles. The van der Waals surface area contributed by atoms with Crippen molar-refractivity contribution in [3.8, 4) is 17.2 Å². The molecule has 26 heavy (non-hydrogen) atoms. The van der Waals surface area contributed by atoms with Crippen molar-refractivity contribution >= 4 is 5.91 Å². The van der Waals surface area contributed by atoms with E-state index in [0.29, 0.717) is 18.8 Å². The summed E-state index contributed by atoms with van der Waals surface area (Å²) in [4.78, 5) is 12.4. The molecule has 0 heterocycles. The van der Waals surface area contributed by atoms with E-state index in [2.05, 4.69) is 5.32 Å². The maximum absolute atomic E-state index is 12.4. The lowest BCUT2D eigenvalue weighted by Crippen LogP contribution is -2.32. The number of carbonyl (C=O) groups is 1. The van der Waals surface area contributed by atoms with Crippen molar-refractivity contribution in [3.63, 3.8) is 0 Å². The van der Waals surface area contributed by atoms with Gasteiger partial charge in [-0.25, -0.2) is 0 Å². The van der Waals surface area contributed by atoms with Gasteiger partial charge in [-0.05, 0) is 62.7 Å². The minimum atomic E-state index is -0.0897. The first-order valence-corrected chi connectivity index (χ1v) is 8.90. The van der Waals surface area contributed by atoms with E-state index in [1.807, 2.05) is 57.2 Å². The van der Waals surface area contributed by atoms with Gasteiger partial charge in [-0.1, -0.05) is 6.92 Å². The summed E-state index contributed by atoms with van der Waals surface area (Å²) in [5, 5.41) is 2.98. The second-order valence-corrected chi connectivity index (χ2v) is 6.00. The summed E-state index contributed by atoms with van der Waals surface area (Å²) in [6.07, 6.45) is 0.885. The number of methoxy groups -OCH3 is 1. The quantitative estimate of drug-likeness (QED) is 0.731. The first kappa shape index (κ1) is 19.6. The normalized spacial score (nSPS) is 11.5. The van der Waals surface area contributed by atoms with E-state index in [-0.39, 0.29) is 11.9 Å². The van der Waals surface area contributed by atoms with Crippen LogP contribution in [0, 0.1) is 0 Å². The molecule has 0 fully saturated rings. The van der Waals surface area contributed by atoms with Crippen molar-refractivity contribution in [3.05, 3.63) is 53.6 Å². The fourth-order valence-electron chi connectivity index (χ4n) is 2.37. The molecule has 2 rings (SSSR count). The number of amides is 1. The predicted octanol–water partition coefficient (Wildman–Crippen LogP) is 4.20. The van der Waals surface area contributed by atoms with Gasteiger partial charge in [0.15, 0.2) is 0 Å². The maximum Gasteiger partial charge on any atom is 0.251 e. The van der Waals surface area contributed by atoms with Crippen LogP contribution in [-0.2, 0) is 6.61 Å². The van der Waals surface area contributed by atoms with Crippen LogP contribution in [0.15, 0.2) is 42.5 Å². The molecule has 0 bridgehead atoms. The second-order valence-electron chi connectivity index (χ2n) is 6.00. The average molecular weight is 357 g/mol. The number of benzene rings is 2. The summed E-state index contributed by atoms with van der Waals surface area (Å²) in [7, 11) is 1.63. The van der Waals surface area contributed by atoms with E-state index in [4.69, 9.17) is 14.2 Å². The molecule has 140 valence electrons. The number of nitrogens with one attached hydrogen (secondary N) is 1. The van der Waals surface area contributed by atoms with E-state index < -0.39 is 0 Å². The molecule has 0 saturated heterocycles. The van der Waals surface area contributed by atoms with Crippen molar-refractivity contribution < 1.29 is 19.0 Å². The Balaban J connectivity index is 2.14. The summed E-state index contributed by atoms with van der Waals surface area (Å²) in [5.41, 5.74) is 1.43. The third kappa shape index (κ3) is 5.41. The predicted molar refractivity (Wildman–Crippen MR) is 102 cm³/mol. The minimum Gasteiger partial charge on any atom is -0.497 e. The van der Waals surface area contributed by atoms with Gasteiger partial charge in [0, 0.05) is 17.2 Å². The third-order valence-electron chi connectivity index (χ3n) is 4.07. The number of hydrogen-bond acceptors (Lipinski definition) is 4. The van der Waals surface area contributed by atoms with Crippen LogP contribution in [0.1, 0.15) is 43.1 Å². The molecule has 5 nitrogen and oxygen atoms in total. The summed E-state index contributed by atoms with van der Waals surface area (Å²) in [6.45, 7) is 6.81. The molecule has 0 aliphatic rings. The SMILES string of the molecule is CCOc1ccc(C(=O)N[C@H](C)CC)cc1COc1ccc(OC)cc1. The molecule has 0 aliphatic carbocycles. The van der Waals surface area contributed by atoms with Gasteiger partial charge in [-0.15, -0.1) is 0 Å². The Morgan fingerprint density at radius 1 is 1.04 bits per heavy atom. The first-order chi connectivity index (χ1) is 12.6. The summed E-state index contributed by atoms with van der Waals surface area (Å²) in [6, 6.07) is 12.9. The van der Waals surface area contributed by atoms with Crippen LogP contribution in [0.5, 0.6) is 17.2 Å². The van der Waals surface area contributed by atoms with Crippen LogP contribution in [0.4, 0.5) is 0 Å². The Bertz CT molecular complexity index is 712. The Morgan fingerprint density at radius 2 is 1.73 bits per heavy atom. The fraction of sp³-hybridized carbons (Fsp3) is 0.381. The van der Waals surface area contributed by atoms with Crippen molar-refractivity contribution in [2.45, 2.75) is 39.8 Å². The van der Waals surface area contributed by atoms with E-state index in [1.54, 1.807) is 13.2 Å². The lowest BCUT2D eigenvalue weighted by atomic mass is 10.1. The van der Waals surface area contributed by atoms with Crippen molar-refractivity contribution in [1.82, 2.24) is 5.32 Å². The molecule has 0 unspecified atom stereocenters. The van der Waals surface area contributed by atoms with Gasteiger partial charge < -0.3 is 19.5 Å². The van der Waals surface area contributed by atoms with Gasteiger partial charge in [-0.2, -0.15) is 0 Å². The van der Waals surface area contributed by atoms with Gasteiger partial charge >= 0.3 is 0 Å². The Labute approximate surface area is 155 Å². The number of rotatable bonds is 9. The van der Waals surface area contributed by atoms with Crippen molar-refractivity contribution in [1.29, 1.82) is 0 Å². The lowest BCUT2D eigenvalue weighted by molar-refractivity contribution is 0.0939. The van der Waals surface area contributed by atoms with Crippen LogP contribution < -0.4 is 19.5 Å². The molecule has 2 aromatic rings. The van der Waals surface area contributed by atoms with Gasteiger partial charge in [0.2, 0.25) is 0 Å². The molecular formula is C21H27NO4. The summed E-state index contributed by atoms with van der Waals surface area (Å²) in [5.74, 6) is 2.13. The standard InChI is InChI=1S/C21H27NO4/c1-5-15(3)22-21(23)16-7-12-20(25-6-2)17(13-16)14-26-19-10-8-18(24-4)9-11-19/h7-13,15H,5-6,14H2,1-4H3,(H,22,23)/t15-/m1/s1. The topological polar surface area (TPSA) is 56.8 Å². The zero-order valence-electron chi connectivity index (χ0n) is 15.9. The van der Waals surface area contributed by atoms with Gasteiger partial charge in [-0.3, -0.25) is 4.79 Å². The molecule has 0 spiro atoms. The molecule has 1 amide bonds. The average Bonchev–Trinajstić information content (AvgIpc) is 2.67. The molecule has 1 N–H and O–H groups in total. The molecular weight excluding hydrogens is 330 g/mol. The highest BCUT2D eigenvalue weighted by Crippen LogP contribution is 2.24. The van der Waals surface area contributed by atoms with Crippen LogP contribution in [0.3, 0.4) is 0 Å². The Kier molecular flexibility index (Phi) is 7.33. The van der Waals surface area contributed by atoms with Crippen LogP contribution in [0.25, 0.3) is 0 Å². The minimum absolute atomic E-state index is 0.0897. The highest BCUT2D eigenvalue weighted by atomic mass is 16.5. The van der Waals surface area contributed by atoms with Crippen molar-refractivity contribution in [2.24, 2.45) is 0 Å². The van der Waals surface area contributed by atoms with Crippen molar-refractivity contribution in [2.75, 3.05) is 13.7 Å².